The van der Waals surface area contributed by atoms with Crippen molar-refractivity contribution in [3.8, 4) is 0 Å². The molecule has 0 radical (unpaired) electrons. The van der Waals surface area contributed by atoms with Gasteiger partial charge in [0.1, 0.15) is 0 Å². The maximum atomic E-state index is 12.1. The Balaban J connectivity index is 2.64. The highest BCUT2D eigenvalue weighted by atomic mass is 32.1. The van der Waals surface area contributed by atoms with E-state index in [1.54, 1.807) is 6.07 Å². The van der Waals surface area contributed by atoms with Gasteiger partial charge in [0.15, 0.2) is 0 Å². The van der Waals surface area contributed by atoms with Gasteiger partial charge in [-0.05, 0) is 29.9 Å². The third kappa shape index (κ3) is 4.05. The van der Waals surface area contributed by atoms with E-state index in [2.05, 4.69) is 45.6 Å². The van der Waals surface area contributed by atoms with Crippen molar-refractivity contribution in [2.45, 2.75) is 32.6 Å². The van der Waals surface area contributed by atoms with Crippen LogP contribution in [-0.4, -0.2) is 12.5 Å². The number of amides is 1. The van der Waals surface area contributed by atoms with Gasteiger partial charge in [-0.2, -0.15) is 0 Å². The SMILES string of the molecule is CC(C)C(CNC(=O)c1ccccc1S)C(C)C. The minimum absolute atomic E-state index is 0.0353. The maximum absolute atomic E-state index is 12.1. The van der Waals surface area contributed by atoms with Gasteiger partial charge in [-0.1, -0.05) is 39.8 Å². The molecular weight excluding hydrogens is 242 g/mol. The molecule has 0 heterocycles. The first-order chi connectivity index (χ1) is 8.43. The second-order valence-corrected chi connectivity index (χ2v) is 5.86. The number of rotatable bonds is 5. The van der Waals surface area contributed by atoms with Crippen LogP contribution in [0.1, 0.15) is 38.1 Å². The lowest BCUT2D eigenvalue weighted by Gasteiger charge is -2.25. The van der Waals surface area contributed by atoms with Crippen LogP contribution in [0.25, 0.3) is 0 Å². The van der Waals surface area contributed by atoms with Crippen molar-refractivity contribution >= 4 is 18.5 Å². The van der Waals surface area contributed by atoms with Crippen LogP contribution in [0.4, 0.5) is 0 Å². The van der Waals surface area contributed by atoms with Crippen LogP contribution < -0.4 is 5.32 Å². The van der Waals surface area contributed by atoms with Crippen molar-refractivity contribution in [1.82, 2.24) is 5.32 Å². The average molecular weight is 265 g/mol. The lowest BCUT2D eigenvalue weighted by molar-refractivity contribution is 0.0934. The van der Waals surface area contributed by atoms with Gasteiger partial charge < -0.3 is 5.32 Å². The Labute approximate surface area is 116 Å². The monoisotopic (exact) mass is 265 g/mol. The van der Waals surface area contributed by atoms with Gasteiger partial charge in [0.25, 0.3) is 5.91 Å². The highest BCUT2D eigenvalue weighted by molar-refractivity contribution is 7.80. The molecule has 0 unspecified atom stereocenters. The lowest BCUT2D eigenvalue weighted by atomic mass is 9.85. The zero-order valence-corrected chi connectivity index (χ0v) is 12.5. The Morgan fingerprint density at radius 1 is 1.17 bits per heavy atom. The molecule has 1 amide bonds. The number of carbonyl (C=O) groups is 1. The number of hydrogen-bond donors (Lipinski definition) is 2. The molecule has 0 aliphatic rings. The number of nitrogens with one attached hydrogen (secondary N) is 1. The number of benzene rings is 1. The quantitative estimate of drug-likeness (QED) is 0.782. The van der Waals surface area contributed by atoms with Gasteiger partial charge in [-0.25, -0.2) is 0 Å². The van der Waals surface area contributed by atoms with E-state index in [1.165, 1.54) is 0 Å². The van der Waals surface area contributed by atoms with Gasteiger partial charge in [0, 0.05) is 11.4 Å². The number of hydrogen-bond acceptors (Lipinski definition) is 2. The molecule has 0 aliphatic heterocycles. The Morgan fingerprint density at radius 2 is 1.72 bits per heavy atom. The van der Waals surface area contributed by atoms with Crippen LogP contribution in [-0.2, 0) is 0 Å². The van der Waals surface area contributed by atoms with Crippen LogP contribution in [0.15, 0.2) is 29.2 Å². The fourth-order valence-electron chi connectivity index (χ4n) is 2.21. The standard InChI is InChI=1S/C15H23NOS/c1-10(2)13(11(3)4)9-16-15(17)12-7-5-6-8-14(12)18/h5-8,10-11,13,18H,9H2,1-4H3,(H,16,17). The van der Waals surface area contributed by atoms with E-state index in [-0.39, 0.29) is 5.91 Å². The first-order valence-electron chi connectivity index (χ1n) is 6.49. The van der Waals surface area contributed by atoms with E-state index in [0.717, 1.165) is 11.4 Å². The summed E-state index contributed by atoms with van der Waals surface area (Å²) < 4.78 is 0. The second-order valence-electron chi connectivity index (χ2n) is 5.38. The van der Waals surface area contributed by atoms with Gasteiger partial charge in [0.2, 0.25) is 0 Å². The zero-order valence-electron chi connectivity index (χ0n) is 11.6. The second kappa shape index (κ2) is 6.83. The van der Waals surface area contributed by atoms with Crippen molar-refractivity contribution in [2.75, 3.05) is 6.54 Å². The Morgan fingerprint density at radius 3 is 2.22 bits per heavy atom. The fraction of sp³-hybridized carbons (Fsp3) is 0.533. The van der Waals surface area contributed by atoms with Crippen molar-refractivity contribution < 1.29 is 4.79 Å². The highest BCUT2D eigenvalue weighted by Crippen LogP contribution is 2.20. The smallest absolute Gasteiger partial charge is 0.252 e. The summed E-state index contributed by atoms with van der Waals surface area (Å²) in [5, 5.41) is 3.01. The molecule has 1 rings (SSSR count). The molecule has 0 saturated carbocycles. The summed E-state index contributed by atoms with van der Waals surface area (Å²) in [4.78, 5) is 12.8. The molecule has 0 spiro atoms. The van der Waals surface area contributed by atoms with Gasteiger partial charge >= 0.3 is 0 Å². The summed E-state index contributed by atoms with van der Waals surface area (Å²) in [7, 11) is 0. The van der Waals surface area contributed by atoms with E-state index in [0.29, 0.717) is 23.3 Å². The predicted octanol–water partition coefficient (Wildman–Crippen LogP) is 3.63. The summed E-state index contributed by atoms with van der Waals surface area (Å²) >= 11 is 4.30. The molecule has 3 heteroatoms. The van der Waals surface area contributed by atoms with Gasteiger partial charge in [-0.3, -0.25) is 4.79 Å². The zero-order chi connectivity index (χ0) is 13.7. The Bertz CT molecular complexity index is 393. The minimum atomic E-state index is -0.0353. The molecule has 0 aliphatic carbocycles. The summed E-state index contributed by atoms with van der Waals surface area (Å²) in [6.45, 7) is 9.51. The molecule has 1 N–H and O–H groups in total. The normalized spacial score (nSPS) is 11.3. The van der Waals surface area contributed by atoms with Gasteiger partial charge in [-0.15, -0.1) is 12.6 Å². The summed E-state index contributed by atoms with van der Waals surface area (Å²) in [6.07, 6.45) is 0. The molecule has 0 atom stereocenters. The molecule has 2 nitrogen and oxygen atoms in total. The van der Waals surface area contributed by atoms with Gasteiger partial charge in [0.05, 0.1) is 5.56 Å². The van der Waals surface area contributed by atoms with Crippen LogP contribution >= 0.6 is 12.6 Å². The van der Waals surface area contributed by atoms with E-state index < -0.39 is 0 Å². The maximum Gasteiger partial charge on any atom is 0.252 e. The molecule has 0 bridgehead atoms. The van der Waals surface area contributed by atoms with E-state index in [4.69, 9.17) is 0 Å². The van der Waals surface area contributed by atoms with Crippen LogP contribution in [0.5, 0.6) is 0 Å². The molecule has 18 heavy (non-hydrogen) atoms. The largest absolute Gasteiger partial charge is 0.352 e. The Kier molecular flexibility index (Phi) is 5.73. The average Bonchev–Trinajstić information content (AvgIpc) is 2.28. The highest BCUT2D eigenvalue weighted by Gasteiger charge is 2.18. The first-order valence-corrected chi connectivity index (χ1v) is 6.94. The third-order valence-corrected chi connectivity index (χ3v) is 3.75. The van der Waals surface area contributed by atoms with Crippen molar-refractivity contribution in [2.24, 2.45) is 17.8 Å². The van der Waals surface area contributed by atoms with E-state index in [1.807, 2.05) is 18.2 Å². The topological polar surface area (TPSA) is 29.1 Å². The molecule has 0 saturated heterocycles. The predicted molar refractivity (Wildman–Crippen MR) is 79.2 cm³/mol. The molecule has 1 aromatic rings. The summed E-state index contributed by atoms with van der Waals surface area (Å²) in [6, 6.07) is 7.37. The number of carbonyl (C=O) groups excluding carboxylic acids is 1. The minimum Gasteiger partial charge on any atom is -0.352 e. The third-order valence-electron chi connectivity index (χ3n) is 3.36. The van der Waals surface area contributed by atoms with E-state index in [9.17, 15) is 4.79 Å². The van der Waals surface area contributed by atoms with Crippen LogP contribution in [0.3, 0.4) is 0 Å². The number of thiol groups is 1. The fourth-order valence-corrected chi connectivity index (χ4v) is 2.47. The molecule has 100 valence electrons. The molecular formula is C15H23NOS. The van der Waals surface area contributed by atoms with Crippen molar-refractivity contribution in [3.63, 3.8) is 0 Å². The lowest BCUT2D eigenvalue weighted by Crippen LogP contribution is -2.34. The van der Waals surface area contributed by atoms with Crippen molar-refractivity contribution in [1.29, 1.82) is 0 Å². The molecule has 0 aromatic heterocycles. The summed E-state index contributed by atoms with van der Waals surface area (Å²) in [5.41, 5.74) is 0.645. The summed E-state index contributed by atoms with van der Waals surface area (Å²) in [5.74, 6) is 1.60. The van der Waals surface area contributed by atoms with Crippen molar-refractivity contribution in [3.05, 3.63) is 29.8 Å². The van der Waals surface area contributed by atoms with Crippen LogP contribution in [0.2, 0.25) is 0 Å². The first kappa shape index (κ1) is 15.1. The molecule has 1 aromatic carbocycles. The van der Waals surface area contributed by atoms with Crippen LogP contribution in [0, 0.1) is 17.8 Å². The molecule has 0 fully saturated rings. The Hall–Kier alpha value is -0.960. The van der Waals surface area contributed by atoms with E-state index >= 15 is 0 Å².